The van der Waals surface area contributed by atoms with E-state index in [0.29, 0.717) is 6.07 Å². The number of nitrogens with one attached hydrogen (secondary N) is 1. The maximum Gasteiger partial charge on any atom is 0.416 e. The van der Waals surface area contributed by atoms with Crippen molar-refractivity contribution in [3.8, 4) is 0 Å². The fourth-order valence-corrected chi connectivity index (χ4v) is 1.79. The molecule has 0 heterocycles. The summed E-state index contributed by atoms with van der Waals surface area (Å²) in [4.78, 5) is 34.2. The monoisotopic (exact) mass is 359 g/mol. The van der Waals surface area contributed by atoms with Crippen LogP contribution < -0.4 is 5.32 Å². The van der Waals surface area contributed by atoms with Crippen molar-refractivity contribution in [2.45, 2.75) is 25.6 Å². The van der Waals surface area contributed by atoms with Crippen molar-refractivity contribution in [1.29, 1.82) is 0 Å². The number of carbonyl (C=O) groups excluding carboxylic acids is 2. The Morgan fingerprint density at radius 2 is 2.00 bits per heavy atom. The number of hydrogen-bond donors (Lipinski definition) is 2. The van der Waals surface area contributed by atoms with E-state index in [4.69, 9.17) is 5.11 Å². The van der Waals surface area contributed by atoms with Crippen molar-refractivity contribution in [2.24, 2.45) is 0 Å². The van der Waals surface area contributed by atoms with Crippen LogP contribution in [0.4, 0.5) is 13.2 Å². The number of rotatable bonds is 7. The second-order valence-corrected chi connectivity index (χ2v) is 4.83. The minimum absolute atomic E-state index is 0.151. The molecule has 1 rings (SSSR count). The van der Waals surface area contributed by atoms with Crippen LogP contribution >= 0.6 is 0 Å². The van der Waals surface area contributed by atoms with E-state index >= 15 is 0 Å². The fraction of sp³-hybridized carbons (Fsp3) is 0.312. The molecule has 6 nitrogen and oxygen atoms in total. The largest absolute Gasteiger partial charge is 0.480 e. The third-order valence-electron chi connectivity index (χ3n) is 2.97. The Kier molecular flexibility index (Phi) is 7.16. The van der Waals surface area contributed by atoms with Gasteiger partial charge in [0, 0.05) is 11.6 Å². The minimum Gasteiger partial charge on any atom is -0.480 e. The van der Waals surface area contributed by atoms with Crippen molar-refractivity contribution >= 4 is 17.8 Å². The second-order valence-electron chi connectivity index (χ2n) is 4.83. The van der Waals surface area contributed by atoms with Gasteiger partial charge in [-0.2, -0.15) is 13.2 Å². The molecule has 0 unspecified atom stereocenters. The SMILES string of the molecule is CCOC(=O)/C=C/C[C@@H](NC(=O)c1cccc(C(F)(F)F)c1)C(=O)O. The molecule has 1 amide bonds. The first-order valence-electron chi connectivity index (χ1n) is 7.19. The molecule has 0 saturated heterocycles. The third-order valence-corrected chi connectivity index (χ3v) is 2.97. The summed E-state index contributed by atoms with van der Waals surface area (Å²) in [5.74, 6) is -3.03. The van der Waals surface area contributed by atoms with Gasteiger partial charge in [0.2, 0.25) is 0 Å². The lowest BCUT2D eigenvalue weighted by Crippen LogP contribution is -2.40. The highest BCUT2D eigenvalue weighted by Crippen LogP contribution is 2.29. The van der Waals surface area contributed by atoms with Gasteiger partial charge in [0.15, 0.2) is 0 Å². The Balaban J connectivity index is 2.80. The number of alkyl halides is 3. The van der Waals surface area contributed by atoms with E-state index in [1.165, 1.54) is 6.08 Å². The summed E-state index contributed by atoms with van der Waals surface area (Å²) in [5, 5.41) is 11.2. The zero-order valence-corrected chi connectivity index (χ0v) is 13.2. The maximum absolute atomic E-state index is 12.6. The van der Waals surface area contributed by atoms with Gasteiger partial charge in [-0.25, -0.2) is 9.59 Å². The lowest BCUT2D eigenvalue weighted by molar-refractivity contribution is -0.140. The molecule has 0 radical (unpaired) electrons. The zero-order chi connectivity index (χ0) is 19.0. The number of carboxylic acids is 1. The number of benzene rings is 1. The van der Waals surface area contributed by atoms with Gasteiger partial charge in [0.25, 0.3) is 5.91 Å². The number of ether oxygens (including phenoxy) is 1. The van der Waals surface area contributed by atoms with E-state index in [-0.39, 0.29) is 18.6 Å². The fourth-order valence-electron chi connectivity index (χ4n) is 1.79. The van der Waals surface area contributed by atoms with Crippen molar-refractivity contribution in [2.75, 3.05) is 6.61 Å². The molecule has 9 heteroatoms. The van der Waals surface area contributed by atoms with Crippen LogP contribution in [0.1, 0.15) is 29.3 Å². The van der Waals surface area contributed by atoms with Crippen LogP contribution in [-0.4, -0.2) is 35.6 Å². The van der Waals surface area contributed by atoms with Gasteiger partial charge < -0.3 is 15.2 Å². The Morgan fingerprint density at radius 1 is 1.32 bits per heavy atom. The first kappa shape index (κ1) is 20.2. The highest BCUT2D eigenvalue weighted by molar-refractivity contribution is 5.96. The van der Waals surface area contributed by atoms with Crippen molar-refractivity contribution in [3.63, 3.8) is 0 Å². The summed E-state index contributed by atoms with van der Waals surface area (Å²) < 4.78 is 42.6. The van der Waals surface area contributed by atoms with Gasteiger partial charge in [-0.1, -0.05) is 12.1 Å². The summed E-state index contributed by atoms with van der Waals surface area (Å²) in [5.41, 5.74) is -1.34. The lowest BCUT2D eigenvalue weighted by Gasteiger charge is -2.13. The number of aliphatic carboxylic acids is 1. The number of esters is 1. The molecule has 0 fully saturated rings. The lowest BCUT2D eigenvalue weighted by atomic mass is 10.1. The molecule has 0 saturated carbocycles. The molecular weight excluding hydrogens is 343 g/mol. The van der Waals surface area contributed by atoms with Gasteiger partial charge in [0.1, 0.15) is 6.04 Å². The van der Waals surface area contributed by atoms with E-state index in [2.05, 4.69) is 10.1 Å². The van der Waals surface area contributed by atoms with Crippen LogP contribution in [0, 0.1) is 0 Å². The topological polar surface area (TPSA) is 92.7 Å². The van der Waals surface area contributed by atoms with E-state index < -0.39 is 35.6 Å². The first-order chi connectivity index (χ1) is 11.6. The molecule has 2 N–H and O–H groups in total. The van der Waals surface area contributed by atoms with Crippen molar-refractivity contribution in [3.05, 3.63) is 47.5 Å². The Morgan fingerprint density at radius 3 is 2.56 bits per heavy atom. The number of halogens is 3. The number of hydrogen-bond acceptors (Lipinski definition) is 4. The summed E-state index contributed by atoms with van der Waals surface area (Å²) in [7, 11) is 0. The average molecular weight is 359 g/mol. The van der Waals surface area contributed by atoms with E-state index in [1.807, 2.05) is 0 Å². The predicted octanol–water partition coefficient (Wildman–Crippen LogP) is 2.40. The van der Waals surface area contributed by atoms with Gasteiger partial charge in [-0.15, -0.1) is 0 Å². The number of carbonyl (C=O) groups is 3. The number of carboxylic acid groups (broad SMARTS) is 1. The first-order valence-corrected chi connectivity index (χ1v) is 7.19. The Labute approximate surface area is 141 Å². The van der Waals surface area contributed by atoms with E-state index in [0.717, 1.165) is 24.3 Å². The highest BCUT2D eigenvalue weighted by atomic mass is 19.4. The second kappa shape index (κ2) is 8.86. The van der Waals surface area contributed by atoms with Crippen LogP contribution in [0.15, 0.2) is 36.4 Å². The molecule has 0 aliphatic rings. The molecule has 0 aliphatic carbocycles. The van der Waals surface area contributed by atoms with E-state index in [1.54, 1.807) is 6.92 Å². The minimum atomic E-state index is -4.62. The quantitative estimate of drug-likeness (QED) is 0.576. The van der Waals surface area contributed by atoms with Crippen LogP contribution in [0.5, 0.6) is 0 Å². The third kappa shape index (κ3) is 6.66. The van der Waals surface area contributed by atoms with Crippen molar-refractivity contribution < 1.29 is 37.4 Å². The summed E-state index contributed by atoms with van der Waals surface area (Å²) in [6.45, 7) is 1.75. The maximum atomic E-state index is 12.6. The van der Waals surface area contributed by atoms with Crippen LogP contribution in [-0.2, 0) is 20.5 Å². The molecule has 1 aromatic carbocycles. The van der Waals surface area contributed by atoms with Crippen LogP contribution in [0.2, 0.25) is 0 Å². The van der Waals surface area contributed by atoms with Crippen LogP contribution in [0.25, 0.3) is 0 Å². The molecule has 1 aromatic rings. The van der Waals surface area contributed by atoms with Crippen molar-refractivity contribution in [1.82, 2.24) is 5.32 Å². The highest BCUT2D eigenvalue weighted by Gasteiger charge is 2.31. The number of amides is 1. The Hall–Kier alpha value is -2.84. The summed E-state index contributed by atoms with van der Waals surface area (Å²) in [6.07, 6.45) is -2.65. The molecule has 0 aliphatic heterocycles. The van der Waals surface area contributed by atoms with Gasteiger partial charge in [-0.05, 0) is 31.5 Å². The molecule has 0 spiro atoms. The van der Waals surface area contributed by atoms with Gasteiger partial charge in [-0.3, -0.25) is 4.79 Å². The zero-order valence-electron chi connectivity index (χ0n) is 13.2. The Bertz CT molecular complexity index is 670. The van der Waals surface area contributed by atoms with Gasteiger partial charge in [0.05, 0.1) is 12.2 Å². The standard InChI is InChI=1S/C16H16F3NO5/c1-2-25-13(21)8-4-7-12(15(23)24)20-14(22)10-5-3-6-11(9-10)16(17,18)19/h3-6,8-9,12H,2,7H2,1H3,(H,20,22)(H,23,24)/b8-4+/t12-/m1/s1. The smallest absolute Gasteiger partial charge is 0.416 e. The van der Waals surface area contributed by atoms with E-state index in [9.17, 15) is 27.6 Å². The normalized spacial score (nSPS) is 12.6. The summed E-state index contributed by atoms with van der Waals surface area (Å²) in [6, 6.07) is 2.20. The van der Waals surface area contributed by atoms with Gasteiger partial charge >= 0.3 is 18.1 Å². The predicted molar refractivity (Wildman–Crippen MR) is 80.7 cm³/mol. The van der Waals surface area contributed by atoms with Crippen LogP contribution in [0.3, 0.4) is 0 Å². The molecule has 25 heavy (non-hydrogen) atoms. The molecular formula is C16H16F3NO5. The molecule has 0 bridgehead atoms. The molecule has 136 valence electrons. The molecule has 1 atom stereocenters. The average Bonchev–Trinajstić information content (AvgIpc) is 2.53. The summed E-state index contributed by atoms with van der Waals surface area (Å²) >= 11 is 0. The molecule has 0 aromatic heterocycles.